The summed E-state index contributed by atoms with van der Waals surface area (Å²) in [6.45, 7) is 7.20. The number of hydrogen-bond donors (Lipinski definition) is 2. The fourth-order valence-corrected chi connectivity index (χ4v) is 3.76. The Morgan fingerprint density at radius 1 is 1.30 bits per heavy atom. The van der Waals surface area contributed by atoms with Crippen molar-refractivity contribution in [3.8, 4) is 22.9 Å². The van der Waals surface area contributed by atoms with Gasteiger partial charge in [-0.15, -0.1) is 0 Å². The Hall–Kier alpha value is -2.84. The molecular weight excluding hydrogens is 384 g/mol. The maximum Gasteiger partial charge on any atom is 0.186 e. The molecule has 0 radical (unpaired) electrons. The summed E-state index contributed by atoms with van der Waals surface area (Å²) in [5, 5.41) is 11.9. The maximum atomic E-state index is 10.9. The van der Waals surface area contributed by atoms with Gasteiger partial charge >= 0.3 is 0 Å². The number of aliphatic hydroxyl groups is 1. The van der Waals surface area contributed by atoms with Crippen LogP contribution in [0.3, 0.4) is 0 Å². The molecule has 0 spiro atoms. The number of methoxy groups -OCH3 is 2. The molecule has 0 fully saturated rings. The van der Waals surface area contributed by atoms with Crippen LogP contribution in [0.2, 0.25) is 0 Å². The lowest BCUT2D eigenvalue weighted by Gasteiger charge is -2.37. The zero-order valence-corrected chi connectivity index (χ0v) is 18.0. The summed E-state index contributed by atoms with van der Waals surface area (Å²) in [6, 6.07) is 5.95. The van der Waals surface area contributed by atoms with Gasteiger partial charge in [0, 0.05) is 42.4 Å². The first-order valence-electron chi connectivity index (χ1n) is 10.0. The number of hydrogen-bond acceptors (Lipinski definition) is 7. The van der Waals surface area contributed by atoms with E-state index in [9.17, 15) is 5.11 Å². The minimum atomic E-state index is -1.20. The largest absolute Gasteiger partial charge is 0.497 e. The van der Waals surface area contributed by atoms with E-state index in [1.165, 1.54) is 0 Å². The molecule has 2 N–H and O–H groups in total. The summed E-state index contributed by atoms with van der Waals surface area (Å²) in [5.41, 5.74) is 1.01. The van der Waals surface area contributed by atoms with Crippen LogP contribution >= 0.6 is 0 Å². The highest BCUT2D eigenvalue weighted by molar-refractivity contribution is 5.95. The summed E-state index contributed by atoms with van der Waals surface area (Å²) in [4.78, 5) is 15.0. The third-order valence-electron chi connectivity index (χ3n) is 5.36. The van der Waals surface area contributed by atoms with Gasteiger partial charge in [-0.2, -0.15) is 0 Å². The lowest BCUT2D eigenvalue weighted by atomic mass is 10.0. The zero-order valence-electron chi connectivity index (χ0n) is 18.0. The van der Waals surface area contributed by atoms with Crippen molar-refractivity contribution in [2.75, 3.05) is 38.9 Å². The third kappa shape index (κ3) is 3.57. The number of rotatable bonds is 6. The summed E-state index contributed by atoms with van der Waals surface area (Å²) >= 11 is 0. The highest BCUT2D eigenvalue weighted by Crippen LogP contribution is 2.41. The molecule has 0 saturated carbocycles. The van der Waals surface area contributed by atoms with Gasteiger partial charge in [0.05, 0.1) is 19.8 Å². The molecule has 0 aliphatic carbocycles. The number of aromatic nitrogens is 3. The first-order chi connectivity index (χ1) is 14.3. The normalized spacial score (nSPS) is 16.5. The van der Waals surface area contributed by atoms with Crippen molar-refractivity contribution >= 4 is 16.7 Å². The van der Waals surface area contributed by atoms with Gasteiger partial charge in [-0.3, -0.25) is 0 Å². The average molecular weight is 412 g/mol. The van der Waals surface area contributed by atoms with Crippen molar-refractivity contribution in [1.29, 1.82) is 0 Å². The van der Waals surface area contributed by atoms with Crippen molar-refractivity contribution < 1.29 is 19.3 Å². The van der Waals surface area contributed by atoms with Crippen molar-refractivity contribution in [2.24, 2.45) is 0 Å². The van der Waals surface area contributed by atoms with Crippen molar-refractivity contribution in [2.45, 2.75) is 32.4 Å². The highest BCUT2D eigenvalue weighted by Gasteiger charge is 2.34. The fourth-order valence-electron chi connectivity index (χ4n) is 3.76. The Labute approximate surface area is 175 Å². The van der Waals surface area contributed by atoms with Gasteiger partial charge in [0.2, 0.25) is 0 Å². The number of anilines is 1. The molecule has 8 nitrogen and oxygen atoms in total. The van der Waals surface area contributed by atoms with Gasteiger partial charge in [0.1, 0.15) is 23.7 Å². The zero-order chi connectivity index (χ0) is 21.5. The fraction of sp³-hybridized carbons (Fsp3) is 0.455. The van der Waals surface area contributed by atoms with Crippen LogP contribution < -0.4 is 14.4 Å². The standard InChI is InChI=1S/C22H28N4O4/c1-13-12-30-18-19(22(2,3)27)24-20(25-21(18)26(13)8-9-28-4)16-10-14(29-5)11-17-15(16)6-7-23-17/h6-7,10-11,13,23,27H,8-9,12H2,1-5H3/t13-/m0/s1. The van der Waals surface area contributed by atoms with Crippen molar-refractivity contribution in [1.82, 2.24) is 15.0 Å². The summed E-state index contributed by atoms with van der Waals surface area (Å²) in [6.07, 6.45) is 1.87. The topological polar surface area (TPSA) is 92.7 Å². The first kappa shape index (κ1) is 20.4. The SMILES string of the molecule is COCCN1c2nc(-c3cc(OC)cc4[nH]ccc34)nc(C(C)(C)O)c2OC[C@@H]1C. The molecule has 8 heteroatoms. The lowest BCUT2D eigenvalue weighted by Crippen LogP contribution is -2.44. The Morgan fingerprint density at radius 2 is 2.10 bits per heavy atom. The average Bonchev–Trinajstić information content (AvgIpc) is 3.19. The number of nitrogens with zero attached hydrogens (tertiary/aromatic N) is 3. The molecule has 1 aliphatic heterocycles. The predicted molar refractivity (Wildman–Crippen MR) is 115 cm³/mol. The minimum absolute atomic E-state index is 0.114. The number of nitrogens with one attached hydrogen (secondary N) is 1. The molecular formula is C22H28N4O4. The first-order valence-corrected chi connectivity index (χ1v) is 10.0. The second-order valence-electron chi connectivity index (χ2n) is 8.07. The van der Waals surface area contributed by atoms with Gasteiger partial charge < -0.3 is 29.2 Å². The predicted octanol–water partition coefficient (Wildman–Crippen LogP) is 3.09. The van der Waals surface area contributed by atoms with Crippen LogP contribution in [-0.4, -0.2) is 60.1 Å². The van der Waals surface area contributed by atoms with Gasteiger partial charge in [-0.25, -0.2) is 9.97 Å². The number of H-pyrrole nitrogens is 1. The molecule has 0 saturated heterocycles. The van der Waals surface area contributed by atoms with Crippen LogP contribution in [0.25, 0.3) is 22.3 Å². The van der Waals surface area contributed by atoms with E-state index < -0.39 is 5.60 Å². The molecule has 2 aromatic heterocycles. The minimum Gasteiger partial charge on any atom is -0.497 e. The van der Waals surface area contributed by atoms with Crippen molar-refractivity contribution in [3.63, 3.8) is 0 Å². The molecule has 0 amide bonds. The second-order valence-corrected chi connectivity index (χ2v) is 8.07. The van der Waals surface area contributed by atoms with Gasteiger partial charge in [0.25, 0.3) is 0 Å². The van der Waals surface area contributed by atoms with Crippen LogP contribution in [0.15, 0.2) is 24.4 Å². The Balaban J connectivity index is 1.97. The lowest BCUT2D eigenvalue weighted by molar-refractivity contribution is 0.0686. The van der Waals surface area contributed by atoms with Crippen molar-refractivity contribution in [3.05, 3.63) is 30.1 Å². The number of ether oxygens (including phenoxy) is 3. The highest BCUT2D eigenvalue weighted by atomic mass is 16.5. The summed E-state index contributed by atoms with van der Waals surface area (Å²) in [7, 11) is 3.31. The summed E-state index contributed by atoms with van der Waals surface area (Å²) in [5.74, 6) is 2.40. The van der Waals surface area contributed by atoms with Gasteiger partial charge in [-0.1, -0.05) is 0 Å². The smallest absolute Gasteiger partial charge is 0.186 e. The quantitative estimate of drug-likeness (QED) is 0.643. The van der Waals surface area contributed by atoms with Crippen LogP contribution in [0, 0.1) is 0 Å². The van der Waals surface area contributed by atoms with E-state index in [-0.39, 0.29) is 6.04 Å². The molecule has 0 bridgehead atoms. The molecule has 0 unspecified atom stereocenters. The molecule has 3 aromatic rings. The molecule has 3 heterocycles. The van der Waals surface area contributed by atoms with Crippen LogP contribution in [0.1, 0.15) is 26.5 Å². The van der Waals surface area contributed by atoms with E-state index in [0.717, 1.165) is 16.5 Å². The molecule has 1 atom stereocenters. The van der Waals surface area contributed by atoms with E-state index in [1.54, 1.807) is 28.1 Å². The van der Waals surface area contributed by atoms with E-state index in [2.05, 4.69) is 16.8 Å². The molecule has 1 aliphatic rings. The van der Waals surface area contributed by atoms with Crippen LogP contribution in [0.4, 0.5) is 5.82 Å². The second kappa shape index (κ2) is 7.77. The van der Waals surface area contributed by atoms with Gasteiger partial charge in [-0.05, 0) is 32.9 Å². The van der Waals surface area contributed by atoms with Crippen LogP contribution in [-0.2, 0) is 10.3 Å². The molecule has 160 valence electrons. The number of aromatic amines is 1. The molecule has 1 aromatic carbocycles. The number of fused-ring (bicyclic) bond motifs is 2. The van der Waals surface area contributed by atoms with E-state index in [4.69, 9.17) is 24.2 Å². The Bertz CT molecular complexity index is 1060. The maximum absolute atomic E-state index is 10.9. The molecule has 30 heavy (non-hydrogen) atoms. The monoisotopic (exact) mass is 412 g/mol. The van der Waals surface area contributed by atoms with Gasteiger partial charge in [0.15, 0.2) is 17.4 Å². The van der Waals surface area contributed by atoms with E-state index >= 15 is 0 Å². The van der Waals surface area contributed by atoms with E-state index in [0.29, 0.717) is 48.6 Å². The van der Waals surface area contributed by atoms with E-state index in [1.807, 2.05) is 24.4 Å². The Morgan fingerprint density at radius 3 is 2.80 bits per heavy atom. The number of benzene rings is 1. The third-order valence-corrected chi connectivity index (χ3v) is 5.36. The summed E-state index contributed by atoms with van der Waals surface area (Å²) < 4.78 is 16.8. The Kier molecular flexibility index (Phi) is 5.29. The molecule has 4 rings (SSSR count). The van der Waals surface area contributed by atoms with Crippen LogP contribution in [0.5, 0.6) is 11.5 Å².